The number of halogens is 2. The van der Waals surface area contributed by atoms with Gasteiger partial charge in [0.15, 0.2) is 0 Å². The van der Waals surface area contributed by atoms with Gasteiger partial charge in [0.1, 0.15) is 12.4 Å². The molecule has 1 saturated heterocycles. The van der Waals surface area contributed by atoms with Gasteiger partial charge in [-0.25, -0.2) is 0 Å². The van der Waals surface area contributed by atoms with Gasteiger partial charge < -0.3 is 20.1 Å². The van der Waals surface area contributed by atoms with Crippen LogP contribution >= 0.6 is 0 Å². The fraction of sp³-hybridized carbons (Fsp3) is 0.440. The molecule has 0 saturated carbocycles. The summed E-state index contributed by atoms with van der Waals surface area (Å²) >= 11 is 0. The molecule has 1 aliphatic rings. The number of ether oxygens (including phenoxy) is 1. The van der Waals surface area contributed by atoms with Crippen molar-refractivity contribution < 1.29 is 23.4 Å². The number of benzene rings is 2. The van der Waals surface area contributed by atoms with Crippen LogP contribution in [0.1, 0.15) is 58.8 Å². The number of aliphatic hydroxyl groups excluding tert-OH is 1. The van der Waals surface area contributed by atoms with Crippen LogP contribution < -0.4 is 10.1 Å². The van der Waals surface area contributed by atoms with E-state index in [2.05, 4.69) is 27.5 Å². The van der Waals surface area contributed by atoms with Crippen molar-refractivity contribution in [3.8, 4) is 5.75 Å². The number of methoxy groups -OCH3 is 1. The smallest absolute Gasteiger partial charge is 0.295 e. The monoisotopic (exact) mass is 472 g/mol. The minimum Gasteiger partial charge on any atom is -0.496 e. The lowest BCUT2D eigenvalue weighted by atomic mass is 9.86. The van der Waals surface area contributed by atoms with E-state index in [0.717, 1.165) is 42.6 Å². The molecule has 1 atom stereocenters. The summed E-state index contributed by atoms with van der Waals surface area (Å²) in [5, 5.41) is 19.7. The molecule has 3 aromatic rings. The molecule has 1 amide bonds. The number of H-pyrrole nitrogens is 1. The molecule has 0 unspecified atom stereocenters. The molecular formula is C25H30F2N4O3. The Bertz CT molecular complexity index is 1170. The predicted octanol–water partition coefficient (Wildman–Crippen LogP) is 3.96. The van der Waals surface area contributed by atoms with Crippen molar-refractivity contribution in [2.45, 2.75) is 37.6 Å². The van der Waals surface area contributed by atoms with Crippen LogP contribution in [0.5, 0.6) is 5.75 Å². The molecule has 3 N–H and O–H groups in total. The van der Waals surface area contributed by atoms with Crippen LogP contribution in [0.4, 0.5) is 8.78 Å². The Hall–Kier alpha value is -3.04. The second kappa shape index (κ2) is 9.68. The van der Waals surface area contributed by atoms with Crippen LogP contribution in [0.2, 0.25) is 0 Å². The predicted molar refractivity (Wildman–Crippen MR) is 125 cm³/mol. The zero-order chi connectivity index (χ0) is 24.5. The molecule has 0 radical (unpaired) electrons. The van der Waals surface area contributed by atoms with Gasteiger partial charge in [-0.3, -0.25) is 9.89 Å². The topological polar surface area (TPSA) is 90.5 Å². The number of carbonyl (C=O) groups is 1. The summed E-state index contributed by atoms with van der Waals surface area (Å²) in [6.45, 7) is 2.38. The van der Waals surface area contributed by atoms with E-state index in [1.165, 1.54) is 18.2 Å². The van der Waals surface area contributed by atoms with Gasteiger partial charge in [-0.1, -0.05) is 18.2 Å². The summed E-state index contributed by atoms with van der Waals surface area (Å²) in [5.74, 6) is -2.70. The van der Waals surface area contributed by atoms with E-state index < -0.39 is 18.6 Å². The highest BCUT2D eigenvalue weighted by Crippen LogP contribution is 2.40. The first kappa shape index (κ1) is 24.1. The molecule has 9 heteroatoms. The molecule has 1 fully saturated rings. The largest absolute Gasteiger partial charge is 0.496 e. The van der Waals surface area contributed by atoms with Gasteiger partial charge in [-0.2, -0.15) is 13.9 Å². The molecule has 1 aromatic heterocycles. The number of rotatable bonds is 7. The Morgan fingerprint density at radius 1 is 1.35 bits per heavy atom. The highest BCUT2D eigenvalue weighted by atomic mass is 19.3. The number of aromatic nitrogens is 2. The molecule has 0 bridgehead atoms. The van der Waals surface area contributed by atoms with Gasteiger partial charge in [0, 0.05) is 5.56 Å². The minimum atomic E-state index is -3.35. The van der Waals surface area contributed by atoms with Gasteiger partial charge in [0.25, 0.3) is 11.8 Å². The number of aliphatic hydroxyl groups is 1. The maximum absolute atomic E-state index is 13.9. The summed E-state index contributed by atoms with van der Waals surface area (Å²) in [4.78, 5) is 15.6. The molecule has 4 rings (SSSR count). The van der Waals surface area contributed by atoms with E-state index in [0.29, 0.717) is 16.6 Å². The summed E-state index contributed by atoms with van der Waals surface area (Å²) in [6.07, 6.45) is 3.58. The lowest BCUT2D eigenvalue weighted by Crippen LogP contribution is -2.30. The molecule has 2 aromatic carbocycles. The van der Waals surface area contributed by atoms with Crippen LogP contribution in [-0.4, -0.2) is 60.0 Å². The minimum absolute atomic E-state index is 0.256. The second-order valence-corrected chi connectivity index (χ2v) is 8.97. The van der Waals surface area contributed by atoms with Crippen molar-refractivity contribution >= 4 is 16.8 Å². The average Bonchev–Trinajstić information content (AvgIpc) is 3.33. The average molecular weight is 473 g/mol. The normalized spacial score (nSPS) is 16.5. The molecule has 0 spiro atoms. The number of nitrogens with zero attached hydrogens (tertiary/aromatic N) is 2. The van der Waals surface area contributed by atoms with Crippen LogP contribution in [0.25, 0.3) is 10.9 Å². The Labute approximate surface area is 197 Å². The zero-order valence-electron chi connectivity index (χ0n) is 19.6. The third-order valence-electron chi connectivity index (χ3n) is 6.68. The third kappa shape index (κ3) is 4.63. The van der Waals surface area contributed by atoms with Gasteiger partial charge in [0.05, 0.1) is 35.8 Å². The lowest BCUT2D eigenvalue weighted by Gasteiger charge is -2.30. The number of alkyl halides is 2. The van der Waals surface area contributed by atoms with E-state index >= 15 is 0 Å². The molecule has 182 valence electrons. The Morgan fingerprint density at radius 2 is 2.09 bits per heavy atom. The van der Waals surface area contributed by atoms with Crippen LogP contribution in [0.15, 0.2) is 36.5 Å². The molecule has 2 heterocycles. The fourth-order valence-electron chi connectivity index (χ4n) is 4.63. The van der Waals surface area contributed by atoms with Crippen molar-refractivity contribution in [3.63, 3.8) is 0 Å². The van der Waals surface area contributed by atoms with Gasteiger partial charge in [-0.15, -0.1) is 0 Å². The molecule has 7 nitrogen and oxygen atoms in total. The maximum atomic E-state index is 13.9. The maximum Gasteiger partial charge on any atom is 0.295 e. The highest BCUT2D eigenvalue weighted by Gasteiger charge is 2.31. The Morgan fingerprint density at radius 3 is 2.76 bits per heavy atom. The number of nitrogens with one attached hydrogen (secondary N) is 2. The SMILES string of the molecule is COc1c(C2CCN(C)CC2)cc(C(=O)N[C@H](C)c2cccc(C(F)(F)CO)c2)c2[nH]ncc12. The second-order valence-electron chi connectivity index (χ2n) is 8.97. The quantitative estimate of drug-likeness (QED) is 0.484. The molecular weight excluding hydrogens is 442 g/mol. The molecule has 1 aliphatic heterocycles. The fourth-order valence-corrected chi connectivity index (χ4v) is 4.63. The number of hydrogen-bond acceptors (Lipinski definition) is 5. The van der Waals surface area contributed by atoms with Crippen molar-refractivity contribution in [1.29, 1.82) is 0 Å². The standard InChI is InChI=1S/C25H30F2N4O3/c1-15(17-5-4-6-18(11-17)25(26,27)14-32)29-24(33)20-12-19(16-7-9-31(2)10-8-16)23(34-3)21-13-28-30-22(20)21/h4-6,11-13,15-16,32H,7-10,14H2,1-3H3,(H,28,30)(H,29,33)/t15-/m1/s1. The van der Waals surface area contributed by atoms with E-state index in [-0.39, 0.29) is 17.4 Å². The lowest BCUT2D eigenvalue weighted by molar-refractivity contribution is -0.0556. The number of hydrogen-bond donors (Lipinski definition) is 3. The molecule has 0 aliphatic carbocycles. The van der Waals surface area contributed by atoms with Gasteiger partial charge in [-0.05, 0) is 69.1 Å². The molecule has 34 heavy (non-hydrogen) atoms. The number of fused-ring (bicyclic) bond motifs is 1. The third-order valence-corrected chi connectivity index (χ3v) is 6.68. The summed E-state index contributed by atoms with van der Waals surface area (Å²) in [6, 6.07) is 7.08. The number of carbonyl (C=O) groups excluding carboxylic acids is 1. The summed E-state index contributed by atoms with van der Waals surface area (Å²) < 4.78 is 33.6. The van der Waals surface area contributed by atoms with Crippen LogP contribution in [0.3, 0.4) is 0 Å². The highest BCUT2D eigenvalue weighted by molar-refractivity contribution is 6.07. The van der Waals surface area contributed by atoms with Gasteiger partial charge in [0.2, 0.25) is 0 Å². The Balaban J connectivity index is 1.65. The van der Waals surface area contributed by atoms with E-state index in [1.807, 2.05) is 6.07 Å². The van der Waals surface area contributed by atoms with E-state index in [4.69, 9.17) is 9.84 Å². The summed E-state index contributed by atoms with van der Waals surface area (Å²) in [7, 11) is 3.72. The first-order valence-corrected chi connectivity index (χ1v) is 11.4. The first-order chi connectivity index (χ1) is 16.2. The van der Waals surface area contributed by atoms with Crippen LogP contribution in [-0.2, 0) is 5.92 Å². The number of piperidine rings is 1. The Kier molecular flexibility index (Phi) is 6.86. The van der Waals surface area contributed by atoms with E-state index in [1.54, 1.807) is 26.3 Å². The van der Waals surface area contributed by atoms with Crippen molar-refractivity contribution in [3.05, 3.63) is 58.8 Å². The zero-order valence-corrected chi connectivity index (χ0v) is 19.6. The number of aromatic amines is 1. The van der Waals surface area contributed by atoms with E-state index in [9.17, 15) is 13.6 Å². The van der Waals surface area contributed by atoms with Crippen molar-refractivity contribution in [2.24, 2.45) is 0 Å². The van der Waals surface area contributed by atoms with Crippen molar-refractivity contribution in [2.75, 3.05) is 33.9 Å². The first-order valence-electron chi connectivity index (χ1n) is 11.4. The number of amides is 1. The summed E-state index contributed by atoms with van der Waals surface area (Å²) in [5.41, 5.74) is 2.21. The van der Waals surface area contributed by atoms with Crippen molar-refractivity contribution in [1.82, 2.24) is 20.4 Å². The van der Waals surface area contributed by atoms with Crippen LogP contribution in [0, 0.1) is 0 Å². The number of likely N-dealkylation sites (tertiary alicyclic amines) is 1. The van der Waals surface area contributed by atoms with Gasteiger partial charge >= 0.3 is 0 Å².